The van der Waals surface area contributed by atoms with Crippen LogP contribution in [0.15, 0.2) is 24.3 Å². The molecule has 0 aliphatic rings. The molecule has 9 heteroatoms. The monoisotopic (exact) mass is 377 g/mol. The molecule has 0 aliphatic carbocycles. The summed E-state index contributed by atoms with van der Waals surface area (Å²) in [6.45, 7) is 2.17. The van der Waals surface area contributed by atoms with Gasteiger partial charge in [-0.25, -0.2) is 4.98 Å². The molecule has 2 aromatic rings. The van der Waals surface area contributed by atoms with Crippen molar-refractivity contribution in [1.29, 1.82) is 0 Å². The Hall–Kier alpha value is -2.78. The molecule has 1 heterocycles. The van der Waals surface area contributed by atoms with Crippen molar-refractivity contribution < 1.29 is 24.2 Å². The van der Waals surface area contributed by atoms with E-state index in [-0.39, 0.29) is 24.8 Å². The number of thiazole rings is 1. The minimum atomic E-state index is -0.977. The summed E-state index contributed by atoms with van der Waals surface area (Å²) in [5, 5.41) is 14.6. The maximum atomic E-state index is 12.4. The van der Waals surface area contributed by atoms with Crippen LogP contribution in [0.5, 0.6) is 0 Å². The predicted octanol–water partition coefficient (Wildman–Crippen LogP) is 2.05. The van der Waals surface area contributed by atoms with E-state index in [1.165, 1.54) is 11.3 Å². The van der Waals surface area contributed by atoms with Crippen LogP contribution >= 0.6 is 11.3 Å². The smallest absolute Gasteiger partial charge is 0.305 e. The molecule has 3 N–H and O–H groups in total. The molecular weight excluding hydrogens is 358 g/mol. The average molecular weight is 377 g/mol. The topological polar surface area (TPSA) is 118 Å². The molecule has 0 fully saturated rings. The fourth-order valence-electron chi connectivity index (χ4n) is 2.13. The third-order valence-corrected chi connectivity index (χ3v) is 4.47. The van der Waals surface area contributed by atoms with Gasteiger partial charge in [-0.1, -0.05) is 0 Å². The van der Waals surface area contributed by atoms with Gasteiger partial charge in [-0.3, -0.25) is 14.4 Å². The number of aryl methyl sites for hydroxylation is 1. The van der Waals surface area contributed by atoms with Gasteiger partial charge < -0.3 is 20.5 Å². The number of ether oxygens (including phenoxy) is 1. The molecule has 2 rings (SSSR count). The minimum absolute atomic E-state index is 0.0567. The number of carbonyl (C=O) groups excluding carboxylic acids is 2. The quantitative estimate of drug-likeness (QED) is 0.648. The van der Waals surface area contributed by atoms with Crippen molar-refractivity contribution in [2.75, 3.05) is 19.0 Å². The second-order valence-electron chi connectivity index (χ2n) is 5.39. The van der Waals surface area contributed by atoms with Gasteiger partial charge >= 0.3 is 5.97 Å². The van der Waals surface area contributed by atoms with Crippen LogP contribution < -0.4 is 10.6 Å². The van der Waals surface area contributed by atoms with Crippen LogP contribution in [0.2, 0.25) is 0 Å². The largest absolute Gasteiger partial charge is 0.481 e. The van der Waals surface area contributed by atoms with Crippen LogP contribution in [0.25, 0.3) is 0 Å². The van der Waals surface area contributed by atoms with E-state index in [0.29, 0.717) is 28.4 Å². The number of anilines is 1. The maximum absolute atomic E-state index is 12.4. The van der Waals surface area contributed by atoms with Gasteiger partial charge in [0.05, 0.1) is 18.7 Å². The average Bonchev–Trinajstić information content (AvgIpc) is 2.96. The first-order valence-electron chi connectivity index (χ1n) is 7.77. The highest BCUT2D eigenvalue weighted by Gasteiger charge is 2.15. The Morgan fingerprint density at radius 3 is 2.50 bits per heavy atom. The summed E-state index contributed by atoms with van der Waals surface area (Å²) in [5.41, 5.74) is 1.55. The van der Waals surface area contributed by atoms with Crippen molar-refractivity contribution in [2.24, 2.45) is 0 Å². The summed E-state index contributed by atoms with van der Waals surface area (Å²) < 4.78 is 5.02. The molecule has 8 nitrogen and oxygen atoms in total. The van der Waals surface area contributed by atoms with Crippen LogP contribution in [0.1, 0.15) is 37.2 Å². The molecule has 1 aromatic heterocycles. The number of hydrogen-bond acceptors (Lipinski definition) is 6. The lowest BCUT2D eigenvalue weighted by Gasteiger charge is -2.06. The fraction of sp³-hybridized carbons (Fsp3) is 0.294. The zero-order valence-corrected chi connectivity index (χ0v) is 15.2. The first-order valence-corrected chi connectivity index (χ1v) is 8.59. The van der Waals surface area contributed by atoms with E-state index in [0.717, 1.165) is 5.01 Å². The third-order valence-electron chi connectivity index (χ3n) is 3.34. The molecule has 0 unspecified atom stereocenters. The zero-order valence-electron chi connectivity index (χ0n) is 14.4. The van der Waals surface area contributed by atoms with Gasteiger partial charge in [-0.15, -0.1) is 11.3 Å². The Bertz CT molecular complexity index is 801. The van der Waals surface area contributed by atoms with Crippen LogP contribution in [-0.4, -0.2) is 41.5 Å². The van der Waals surface area contributed by atoms with E-state index in [1.54, 1.807) is 38.3 Å². The van der Waals surface area contributed by atoms with Crippen LogP contribution in [-0.2, 0) is 16.1 Å². The minimum Gasteiger partial charge on any atom is -0.481 e. The molecule has 0 saturated heterocycles. The van der Waals surface area contributed by atoms with Crippen molar-refractivity contribution in [3.63, 3.8) is 0 Å². The molecule has 138 valence electrons. The van der Waals surface area contributed by atoms with Crippen molar-refractivity contribution in [3.05, 3.63) is 45.4 Å². The second-order valence-corrected chi connectivity index (χ2v) is 6.47. The van der Waals surface area contributed by atoms with E-state index < -0.39 is 5.97 Å². The van der Waals surface area contributed by atoms with E-state index in [2.05, 4.69) is 15.6 Å². The number of carboxylic acids is 1. The van der Waals surface area contributed by atoms with Gasteiger partial charge in [0.25, 0.3) is 11.8 Å². The van der Waals surface area contributed by atoms with Crippen molar-refractivity contribution in [3.8, 4) is 0 Å². The number of carbonyl (C=O) groups is 3. The molecule has 0 radical (unpaired) electrons. The number of amides is 2. The lowest BCUT2D eigenvalue weighted by molar-refractivity contribution is -0.136. The molecule has 0 atom stereocenters. The fourth-order valence-corrected chi connectivity index (χ4v) is 3.06. The summed E-state index contributed by atoms with van der Waals surface area (Å²) in [5.74, 6) is -1.62. The molecule has 0 spiro atoms. The number of nitrogens with zero attached hydrogens (tertiary/aromatic N) is 1. The maximum Gasteiger partial charge on any atom is 0.305 e. The summed E-state index contributed by atoms with van der Waals surface area (Å²) in [6.07, 6.45) is -0.140. The van der Waals surface area contributed by atoms with Crippen LogP contribution in [0, 0.1) is 6.92 Å². The Labute approximate surface area is 154 Å². The van der Waals surface area contributed by atoms with Gasteiger partial charge in [0.15, 0.2) is 0 Å². The van der Waals surface area contributed by atoms with Gasteiger partial charge in [0.1, 0.15) is 9.88 Å². The van der Waals surface area contributed by atoms with E-state index >= 15 is 0 Å². The van der Waals surface area contributed by atoms with E-state index in [9.17, 15) is 14.4 Å². The van der Waals surface area contributed by atoms with Crippen molar-refractivity contribution in [2.45, 2.75) is 20.0 Å². The van der Waals surface area contributed by atoms with Gasteiger partial charge in [0.2, 0.25) is 0 Å². The standard InChI is InChI=1S/C17H19N3O5S/c1-10-15(26-13(19-10)9-25-2)17(24)20-12-5-3-11(4-6-12)16(23)18-8-7-14(21)22/h3-6H,7-9H2,1-2H3,(H,18,23)(H,20,24)(H,21,22). The number of nitrogens with one attached hydrogen (secondary N) is 2. The highest BCUT2D eigenvalue weighted by atomic mass is 32.1. The molecule has 1 aromatic carbocycles. The molecule has 0 saturated carbocycles. The molecule has 26 heavy (non-hydrogen) atoms. The summed E-state index contributed by atoms with van der Waals surface area (Å²) >= 11 is 1.27. The number of carboxylic acid groups (broad SMARTS) is 1. The SMILES string of the molecule is COCc1nc(C)c(C(=O)Nc2ccc(C(=O)NCCC(=O)O)cc2)s1. The number of aromatic nitrogens is 1. The molecule has 2 amide bonds. The Balaban J connectivity index is 1.97. The van der Waals surface area contributed by atoms with E-state index in [1.807, 2.05) is 0 Å². The Morgan fingerprint density at radius 2 is 1.88 bits per heavy atom. The van der Waals surface area contributed by atoms with Gasteiger partial charge in [-0.2, -0.15) is 0 Å². The first-order chi connectivity index (χ1) is 12.4. The van der Waals surface area contributed by atoms with Gasteiger partial charge in [0, 0.05) is 24.9 Å². The highest BCUT2D eigenvalue weighted by molar-refractivity contribution is 7.13. The van der Waals surface area contributed by atoms with Crippen LogP contribution in [0.3, 0.4) is 0 Å². The second kappa shape index (κ2) is 9.07. The first kappa shape index (κ1) is 19.5. The zero-order chi connectivity index (χ0) is 19.1. The Kier molecular flexibility index (Phi) is 6.81. The van der Waals surface area contributed by atoms with Crippen LogP contribution in [0.4, 0.5) is 5.69 Å². The summed E-state index contributed by atoms with van der Waals surface area (Å²) in [4.78, 5) is 39.5. The predicted molar refractivity (Wildman–Crippen MR) is 96.5 cm³/mol. The van der Waals surface area contributed by atoms with E-state index in [4.69, 9.17) is 9.84 Å². The van der Waals surface area contributed by atoms with Gasteiger partial charge in [-0.05, 0) is 31.2 Å². The third kappa shape index (κ3) is 5.36. The lowest BCUT2D eigenvalue weighted by Crippen LogP contribution is -2.25. The van der Waals surface area contributed by atoms with Crippen molar-refractivity contribution in [1.82, 2.24) is 10.3 Å². The number of aliphatic carboxylic acids is 1. The number of hydrogen-bond donors (Lipinski definition) is 3. The Morgan fingerprint density at radius 1 is 1.19 bits per heavy atom. The molecule has 0 aliphatic heterocycles. The normalized spacial score (nSPS) is 10.4. The number of methoxy groups -OCH3 is 1. The lowest BCUT2D eigenvalue weighted by atomic mass is 10.2. The summed E-state index contributed by atoms with van der Waals surface area (Å²) in [6, 6.07) is 6.33. The molecule has 0 bridgehead atoms. The molecular formula is C17H19N3O5S. The summed E-state index contributed by atoms with van der Waals surface area (Å²) in [7, 11) is 1.57. The number of rotatable bonds is 8. The highest BCUT2D eigenvalue weighted by Crippen LogP contribution is 2.20. The number of benzene rings is 1. The van der Waals surface area contributed by atoms with Crippen molar-refractivity contribution >= 4 is 34.8 Å².